The Bertz CT molecular complexity index is 1520. The summed E-state index contributed by atoms with van der Waals surface area (Å²) in [6.45, 7) is 6.93. The van der Waals surface area contributed by atoms with Gasteiger partial charge in [0.1, 0.15) is 17.4 Å². The third-order valence-corrected chi connectivity index (χ3v) is 7.44. The van der Waals surface area contributed by atoms with Gasteiger partial charge in [0.15, 0.2) is 0 Å². The van der Waals surface area contributed by atoms with E-state index in [9.17, 15) is 0 Å². The molecule has 1 fully saturated rings. The highest BCUT2D eigenvalue weighted by Crippen LogP contribution is 2.30. The van der Waals surface area contributed by atoms with Crippen LogP contribution >= 0.6 is 22.6 Å². The van der Waals surface area contributed by atoms with E-state index in [1.54, 1.807) is 0 Å². The van der Waals surface area contributed by atoms with Gasteiger partial charge in [0.05, 0.1) is 32.2 Å². The number of H-pyrrole nitrogens is 2. The molecule has 3 aromatic carbocycles. The molecule has 0 spiro atoms. The lowest BCUT2D eigenvalue weighted by Gasteiger charge is -2.34. The van der Waals surface area contributed by atoms with Crippen LogP contribution in [0.1, 0.15) is 6.92 Å². The number of halogens is 1. The van der Waals surface area contributed by atoms with Gasteiger partial charge in [0, 0.05) is 43.0 Å². The first-order valence-corrected chi connectivity index (χ1v) is 13.0. The third kappa shape index (κ3) is 4.36. The van der Waals surface area contributed by atoms with Gasteiger partial charge in [-0.2, -0.15) is 0 Å². The summed E-state index contributed by atoms with van der Waals surface area (Å²) in [7, 11) is 2.18. The SMILES string of the molecule is CCOc1ccc(-c2nc3ccc(-c4nc5ccc(N6CCN(C)CC6)cc5[nH]4)cc3[nH]2)cc1[131I]. The third-order valence-electron chi connectivity index (χ3n) is 6.59. The number of hydrogen-bond acceptors (Lipinski definition) is 5. The molecule has 0 saturated carbocycles. The molecule has 1 aliphatic heterocycles. The van der Waals surface area contributed by atoms with E-state index in [1.807, 2.05) is 25.1 Å². The number of aromatic amines is 2. The van der Waals surface area contributed by atoms with Crippen molar-refractivity contribution in [3.05, 3.63) is 58.2 Å². The Morgan fingerprint density at radius 1 is 0.829 bits per heavy atom. The first-order valence-electron chi connectivity index (χ1n) is 11.9. The van der Waals surface area contributed by atoms with Crippen molar-refractivity contribution in [2.75, 3.05) is 44.7 Å². The molecular weight excluding hydrogens is 555 g/mol. The van der Waals surface area contributed by atoms with E-state index in [0.717, 1.165) is 80.3 Å². The van der Waals surface area contributed by atoms with Crippen molar-refractivity contribution >= 4 is 50.3 Å². The van der Waals surface area contributed by atoms with Crippen LogP contribution in [0.25, 0.3) is 44.8 Å². The van der Waals surface area contributed by atoms with Crippen LogP contribution in [0, 0.1) is 3.57 Å². The monoisotopic (exact) mass is 582 g/mol. The largest absolute Gasteiger partial charge is 0.493 e. The van der Waals surface area contributed by atoms with Gasteiger partial charge in [-0.1, -0.05) is 0 Å². The second-order valence-corrected chi connectivity index (χ2v) is 10.1. The Hall–Kier alpha value is -3.11. The van der Waals surface area contributed by atoms with Gasteiger partial charge >= 0.3 is 0 Å². The number of fused-ring (bicyclic) bond motifs is 2. The molecule has 0 unspecified atom stereocenters. The highest BCUT2D eigenvalue weighted by Gasteiger charge is 2.16. The number of likely N-dealkylation sites (N-methyl/N-ethyl adjacent to an activating group) is 1. The zero-order valence-electron chi connectivity index (χ0n) is 19.8. The second kappa shape index (κ2) is 9.16. The molecule has 2 N–H and O–H groups in total. The minimum atomic E-state index is 0.654. The molecule has 0 aliphatic carbocycles. The van der Waals surface area contributed by atoms with Gasteiger partial charge in [-0.25, -0.2) is 9.97 Å². The molecule has 1 aliphatic rings. The Labute approximate surface area is 217 Å². The molecule has 6 rings (SSSR count). The van der Waals surface area contributed by atoms with Gasteiger partial charge in [0.2, 0.25) is 0 Å². The lowest BCUT2D eigenvalue weighted by Crippen LogP contribution is -2.44. The highest BCUT2D eigenvalue weighted by atomic mass is 131. The summed E-state index contributed by atoms with van der Waals surface area (Å²) in [6.07, 6.45) is 0. The predicted molar refractivity (Wildman–Crippen MR) is 150 cm³/mol. The summed E-state index contributed by atoms with van der Waals surface area (Å²) in [5.74, 6) is 2.61. The number of aromatic nitrogens is 4. The van der Waals surface area contributed by atoms with Gasteiger partial charge in [-0.3, -0.25) is 0 Å². The fraction of sp³-hybridized carbons (Fsp3) is 0.259. The van der Waals surface area contributed by atoms with Crippen molar-refractivity contribution in [2.24, 2.45) is 0 Å². The molecule has 8 heteroatoms. The number of piperazine rings is 1. The molecule has 0 bridgehead atoms. The molecule has 35 heavy (non-hydrogen) atoms. The maximum absolute atomic E-state index is 5.67. The van der Waals surface area contributed by atoms with Crippen LogP contribution < -0.4 is 9.64 Å². The van der Waals surface area contributed by atoms with Crippen molar-refractivity contribution in [2.45, 2.75) is 6.92 Å². The van der Waals surface area contributed by atoms with Gasteiger partial charge in [-0.05, 0) is 91.2 Å². The van der Waals surface area contributed by atoms with E-state index < -0.39 is 0 Å². The molecule has 0 atom stereocenters. The average Bonchev–Trinajstić information content (AvgIpc) is 3.49. The Kier molecular flexibility index (Phi) is 5.85. The van der Waals surface area contributed by atoms with Gasteiger partial charge < -0.3 is 24.5 Å². The summed E-state index contributed by atoms with van der Waals surface area (Å²) in [5, 5.41) is 0. The predicted octanol–water partition coefficient (Wildman–Crippen LogP) is 5.53. The van der Waals surface area contributed by atoms with Gasteiger partial charge in [0.25, 0.3) is 0 Å². The number of anilines is 1. The van der Waals surface area contributed by atoms with Crippen LogP contribution in [0.2, 0.25) is 0 Å². The maximum atomic E-state index is 5.67. The fourth-order valence-electron chi connectivity index (χ4n) is 4.61. The topological polar surface area (TPSA) is 73.1 Å². The molecule has 5 aromatic rings. The zero-order valence-corrected chi connectivity index (χ0v) is 22.0. The Morgan fingerprint density at radius 2 is 1.46 bits per heavy atom. The Morgan fingerprint density at radius 3 is 2.14 bits per heavy atom. The highest BCUT2D eigenvalue weighted by molar-refractivity contribution is 14.1. The molecule has 178 valence electrons. The molecular formula is C27H27IN6O. The summed E-state index contributed by atoms with van der Waals surface area (Å²) < 4.78 is 6.74. The summed E-state index contributed by atoms with van der Waals surface area (Å²) in [6, 6.07) is 18.9. The maximum Gasteiger partial charge on any atom is 0.138 e. The number of imidazole rings is 2. The minimum absolute atomic E-state index is 0.654. The van der Waals surface area contributed by atoms with Crippen LogP contribution in [0.15, 0.2) is 54.6 Å². The van der Waals surface area contributed by atoms with E-state index in [0.29, 0.717) is 6.61 Å². The number of nitrogens with one attached hydrogen (secondary N) is 2. The number of rotatable bonds is 5. The average molecular weight is 582 g/mol. The first kappa shape index (κ1) is 22.4. The van der Waals surface area contributed by atoms with Crippen molar-refractivity contribution < 1.29 is 4.74 Å². The standard InChI is InChI=1S/C27H27IN6O/c1-3-35-25-9-5-17(14-20(25)28)26-29-21-7-4-18(15-23(21)31-26)27-30-22-8-6-19(16-24(22)32-27)34-12-10-33(2)11-13-34/h4-9,14-16H,3,10-13H2,1-2H3,(H,29,31)(H,30,32)/i28+4. The van der Waals surface area contributed by atoms with Crippen LogP contribution in [-0.2, 0) is 0 Å². The number of ether oxygens (including phenoxy) is 1. The first-order chi connectivity index (χ1) is 17.1. The molecule has 1 saturated heterocycles. The van der Waals surface area contributed by atoms with Crippen LogP contribution in [0.4, 0.5) is 5.69 Å². The van der Waals surface area contributed by atoms with Crippen LogP contribution in [0.5, 0.6) is 5.75 Å². The summed E-state index contributed by atoms with van der Waals surface area (Å²) in [4.78, 5) is 21.5. The van der Waals surface area contributed by atoms with Crippen LogP contribution in [0.3, 0.4) is 0 Å². The van der Waals surface area contributed by atoms with Gasteiger partial charge in [-0.15, -0.1) is 0 Å². The molecule has 7 nitrogen and oxygen atoms in total. The lowest BCUT2D eigenvalue weighted by molar-refractivity contribution is 0.313. The van der Waals surface area contributed by atoms with E-state index in [4.69, 9.17) is 14.7 Å². The van der Waals surface area contributed by atoms with E-state index >= 15 is 0 Å². The lowest BCUT2D eigenvalue weighted by atomic mass is 10.2. The van der Waals surface area contributed by atoms with Crippen molar-refractivity contribution in [1.29, 1.82) is 0 Å². The number of hydrogen-bond donors (Lipinski definition) is 2. The molecule has 3 heterocycles. The normalized spacial score (nSPS) is 14.8. The quantitative estimate of drug-likeness (QED) is 0.267. The van der Waals surface area contributed by atoms with E-state index in [-0.39, 0.29) is 0 Å². The summed E-state index contributed by atoms with van der Waals surface area (Å²) >= 11 is 2.31. The smallest absolute Gasteiger partial charge is 0.138 e. The van der Waals surface area contributed by atoms with Crippen molar-refractivity contribution in [1.82, 2.24) is 24.8 Å². The van der Waals surface area contributed by atoms with Crippen molar-refractivity contribution in [3.8, 4) is 28.5 Å². The second-order valence-electron chi connectivity index (χ2n) is 8.97. The van der Waals surface area contributed by atoms with Crippen LogP contribution in [-0.4, -0.2) is 64.7 Å². The molecule has 2 aromatic heterocycles. The Balaban J connectivity index is 1.30. The zero-order chi connectivity index (χ0) is 23.9. The van der Waals surface area contributed by atoms with E-state index in [2.05, 4.69) is 85.8 Å². The molecule has 0 amide bonds. The fourth-order valence-corrected chi connectivity index (χ4v) is 5.28. The number of nitrogens with zero attached hydrogens (tertiary/aromatic N) is 4. The number of benzene rings is 3. The summed E-state index contributed by atoms with van der Waals surface area (Å²) in [5.41, 5.74) is 7.28. The van der Waals surface area contributed by atoms with Crippen molar-refractivity contribution in [3.63, 3.8) is 0 Å². The minimum Gasteiger partial charge on any atom is -0.493 e. The molecule has 0 radical (unpaired) electrons. The van der Waals surface area contributed by atoms with E-state index in [1.165, 1.54) is 5.69 Å².